The van der Waals surface area contributed by atoms with E-state index < -0.39 is 16.7 Å². The lowest BCUT2D eigenvalue weighted by Gasteiger charge is -2.10. The van der Waals surface area contributed by atoms with Gasteiger partial charge in [-0.3, -0.25) is 14.9 Å². The van der Waals surface area contributed by atoms with Crippen molar-refractivity contribution in [2.24, 2.45) is 0 Å². The molecule has 0 atom stereocenters. The van der Waals surface area contributed by atoms with Gasteiger partial charge in [0.05, 0.1) is 17.6 Å². The Morgan fingerprint density at radius 2 is 1.83 bits per heavy atom. The maximum Gasteiger partial charge on any atom is 0.343 e. The highest BCUT2D eigenvalue weighted by atomic mass is 35.5. The molecule has 0 fully saturated rings. The molecular formula is C16H12ClNO6. The second-order valence-electron chi connectivity index (χ2n) is 4.64. The Morgan fingerprint density at radius 3 is 2.42 bits per heavy atom. The average Bonchev–Trinajstić information content (AvgIpc) is 2.59. The van der Waals surface area contributed by atoms with Crippen molar-refractivity contribution in [2.75, 3.05) is 13.7 Å². The Balaban J connectivity index is 2.31. The highest BCUT2D eigenvalue weighted by Crippen LogP contribution is 2.26. The normalized spacial score (nSPS) is 10.1. The SMILES string of the molecule is COC(=O)COc1ccc(Cl)cc1C(=O)c1ccc([N+](=O)[O-])cc1. The summed E-state index contributed by atoms with van der Waals surface area (Å²) in [4.78, 5) is 33.9. The number of ether oxygens (including phenoxy) is 2. The molecule has 124 valence electrons. The van der Waals surface area contributed by atoms with Crippen LogP contribution in [0.4, 0.5) is 5.69 Å². The molecule has 7 nitrogen and oxygen atoms in total. The van der Waals surface area contributed by atoms with Crippen molar-refractivity contribution in [2.45, 2.75) is 0 Å². The Bertz CT molecular complexity index is 788. The molecular weight excluding hydrogens is 338 g/mol. The van der Waals surface area contributed by atoms with Gasteiger partial charge in [-0.2, -0.15) is 0 Å². The fourth-order valence-electron chi connectivity index (χ4n) is 1.89. The first-order valence-corrected chi connectivity index (χ1v) is 7.08. The van der Waals surface area contributed by atoms with E-state index in [-0.39, 0.29) is 29.2 Å². The topological polar surface area (TPSA) is 95.7 Å². The average molecular weight is 350 g/mol. The van der Waals surface area contributed by atoms with E-state index in [0.717, 1.165) is 0 Å². The van der Waals surface area contributed by atoms with E-state index in [1.54, 1.807) is 0 Å². The van der Waals surface area contributed by atoms with Crippen molar-refractivity contribution < 1.29 is 24.0 Å². The van der Waals surface area contributed by atoms with Crippen LogP contribution in [0.25, 0.3) is 0 Å². The van der Waals surface area contributed by atoms with Crippen LogP contribution in [0, 0.1) is 10.1 Å². The number of methoxy groups -OCH3 is 1. The summed E-state index contributed by atoms with van der Waals surface area (Å²) in [6.45, 7) is -0.362. The maximum atomic E-state index is 12.6. The third kappa shape index (κ3) is 4.08. The van der Waals surface area contributed by atoms with Gasteiger partial charge in [0.25, 0.3) is 5.69 Å². The summed E-state index contributed by atoms with van der Waals surface area (Å²) >= 11 is 5.92. The largest absolute Gasteiger partial charge is 0.481 e. The molecule has 0 aliphatic carbocycles. The van der Waals surface area contributed by atoms with Crippen molar-refractivity contribution in [1.29, 1.82) is 0 Å². The lowest BCUT2D eigenvalue weighted by Crippen LogP contribution is -2.14. The number of nitro groups is 1. The molecule has 0 saturated heterocycles. The highest BCUT2D eigenvalue weighted by Gasteiger charge is 2.17. The summed E-state index contributed by atoms with van der Waals surface area (Å²) in [5.74, 6) is -0.876. The van der Waals surface area contributed by atoms with Crippen molar-refractivity contribution >= 4 is 29.0 Å². The van der Waals surface area contributed by atoms with Crippen LogP contribution in [0.3, 0.4) is 0 Å². The second-order valence-corrected chi connectivity index (χ2v) is 5.07. The number of hydrogen-bond acceptors (Lipinski definition) is 6. The van der Waals surface area contributed by atoms with E-state index in [4.69, 9.17) is 16.3 Å². The van der Waals surface area contributed by atoms with Gasteiger partial charge in [-0.15, -0.1) is 0 Å². The molecule has 0 radical (unpaired) electrons. The summed E-state index contributed by atoms with van der Waals surface area (Å²) in [7, 11) is 1.22. The maximum absolute atomic E-state index is 12.6. The lowest BCUT2D eigenvalue weighted by molar-refractivity contribution is -0.384. The number of benzene rings is 2. The Labute approximate surface area is 141 Å². The minimum absolute atomic E-state index is 0.125. The first-order chi connectivity index (χ1) is 11.4. The summed E-state index contributed by atoms with van der Waals surface area (Å²) < 4.78 is 9.76. The first kappa shape index (κ1) is 17.4. The summed E-state index contributed by atoms with van der Waals surface area (Å²) in [5.41, 5.74) is 0.242. The predicted molar refractivity (Wildman–Crippen MR) is 85.5 cm³/mol. The van der Waals surface area contributed by atoms with Crippen LogP contribution in [0.5, 0.6) is 5.75 Å². The monoisotopic (exact) mass is 349 g/mol. The van der Waals surface area contributed by atoms with E-state index in [1.807, 2.05) is 0 Å². The number of nitro benzene ring substituents is 1. The molecule has 0 amide bonds. The first-order valence-electron chi connectivity index (χ1n) is 6.70. The van der Waals surface area contributed by atoms with Crippen LogP contribution in [-0.4, -0.2) is 30.4 Å². The number of rotatable bonds is 6. The van der Waals surface area contributed by atoms with Crippen molar-refractivity contribution in [1.82, 2.24) is 0 Å². The number of esters is 1. The zero-order valence-electron chi connectivity index (χ0n) is 12.5. The Morgan fingerprint density at radius 1 is 1.17 bits per heavy atom. The molecule has 0 N–H and O–H groups in total. The van der Waals surface area contributed by atoms with Gasteiger partial charge in [-0.1, -0.05) is 11.6 Å². The lowest BCUT2D eigenvalue weighted by atomic mass is 10.0. The van der Waals surface area contributed by atoms with Crippen LogP contribution >= 0.6 is 11.6 Å². The molecule has 0 aliphatic rings. The summed E-state index contributed by atoms with van der Waals surface area (Å²) in [6.07, 6.45) is 0. The molecule has 2 rings (SSSR count). The molecule has 2 aromatic rings. The number of halogens is 1. The fraction of sp³-hybridized carbons (Fsp3) is 0.125. The molecule has 0 bridgehead atoms. The van der Waals surface area contributed by atoms with Gasteiger partial charge in [0.15, 0.2) is 12.4 Å². The van der Waals surface area contributed by atoms with Crippen LogP contribution in [0.2, 0.25) is 5.02 Å². The molecule has 0 unspecified atom stereocenters. The van der Waals surface area contributed by atoms with Gasteiger partial charge < -0.3 is 9.47 Å². The Hall–Kier alpha value is -2.93. The molecule has 8 heteroatoms. The molecule has 0 aliphatic heterocycles. The summed E-state index contributed by atoms with van der Waals surface area (Å²) in [6, 6.07) is 9.51. The van der Waals surface area contributed by atoms with Crippen LogP contribution in [-0.2, 0) is 9.53 Å². The van der Waals surface area contributed by atoms with Gasteiger partial charge in [-0.05, 0) is 30.3 Å². The number of ketones is 1. The highest BCUT2D eigenvalue weighted by molar-refractivity contribution is 6.31. The zero-order chi connectivity index (χ0) is 17.7. The van der Waals surface area contributed by atoms with Gasteiger partial charge >= 0.3 is 5.97 Å². The Kier molecular flexibility index (Phi) is 5.49. The van der Waals surface area contributed by atoms with Crippen molar-refractivity contribution in [3.8, 4) is 5.75 Å². The summed E-state index contributed by atoms with van der Waals surface area (Å²) in [5, 5.41) is 11.0. The quantitative estimate of drug-likeness (QED) is 0.344. The van der Waals surface area contributed by atoms with E-state index in [1.165, 1.54) is 49.6 Å². The minimum atomic E-state index is -0.598. The molecule has 0 saturated carbocycles. The molecule has 0 aromatic heterocycles. The molecule has 2 aromatic carbocycles. The number of non-ortho nitro benzene ring substituents is 1. The standard InChI is InChI=1S/C16H12ClNO6/c1-23-15(19)9-24-14-7-4-11(17)8-13(14)16(20)10-2-5-12(6-3-10)18(21)22/h2-8H,9H2,1H3. The molecule has 24 heavy (non-hydrogen) atoms. The molecule has 0 spiro atoms. The van der Waals surface area contributed by atoms with Gasteiger partial charge in [0.2, 0.25) is 0 Å². The van der Waals surface area contributed by atoms with Gasteiger partial charge in [-0.25, -0.2) is 4.79 Å². The van der Waals surface area contributed by atoms with Gasteiger partial charge in [0.1, 0.15) is 5.75 Å². The van der Waals surface area contributed by atoms with Crippen molar-refractivity contribution in [3.05, 3.63) is 68.7 Å². The van der Waals surface area contributed by atoms with Crippen LogP contribution in [0.15, 0.2) is 42.5 Å². The van der Waals surface area contributed by atoms with Gasteiger partial charge in [0, 0.05) is 22.7 Å². The number of nitrogens with zero attached hydrogens (tertiary/aromatic N) is 1. The van der Waals surface area contributed by atoms with Crippen molar-refractivity contribution in [3.63, 3.8) is 0 Å². The third-order valence-corrected chi connectivity index (χ3v) is 3.33. The van der Waals surface area contributed by atoms with E-state index in [0.29, 0.717) is 5.02 Å². The second kappa shape index (κ2) is 7.56. The predicted octanol–water partition coefficient (Wildman–Crippen LogP) is 3.03. The van der Waals surface area contributed by atoms with E-state index >= 15 is 0 Å². The number of hydrogen-bond donors (Lipinski definition) is 0. The number of carbonyl (C=O) groups excluding carboxylic acids is 2. The van der Waals surface area contributed by atoms with Crippen LogP contribution in [0.1, 0.15) is 15.9 Å². The smallest absolute Gasteiger partial charge is 0.343 e. The minimum Gasteiger partial charge on any atom is -0.481 e. The number of carbonyl (C=O) groups is 2. The van der Waals surface area contributed by atoms with Crippen LogP contribution < -0.4 is 4.74 Å². The fourth-order valence-corrected chi connectivity index (χ4v) is 2.06. The molecule has 0 heterocycles. The van der Waals surface area contributed by atoms with E-state index in [2.05, 4.69) is 4.74 Å². The third-order valence-electron chi connectivity index (χ3n) is 3.10. The van der Waals surface area contributed by atoms with E-state index in [9.17, 15) is 19.7 Å². The zero-order valence-corrected chi connectivity index (χ0v) is 13.3.